The van der Waals surface area contributed by atoms with E-state index in [0.29, 0.717) is 5.96 Å². The van der Waals surface area contributed by atoms with Gasteiger partial charge < -0.3 is 0 Å². The summed E-state index contributed by atoms with van der Waals surface area (Å²) in [4.78, 5) is 18.9. The molecule has 0 atom stereocenters. The fraction of sp³-hybridized carbons (Fsp3) is 0.300. The number of hydroxylamine groups is 3. The summed E-state index contributed by atoms with van der Waals surface area (Å²) >= 11 is 0. The van der Waals surface area contributed by atoms with Crippen molar-refractivity contribution >= 4 is 11.6 Å². The highest BCUT2D eigenvalue weighted by Gasteiger charge is 2.10. The summed E-state index contributed by atoms with van der Waals surface area (Å²) in [7, 11) is 4.40. The Labute approximate surface area is 94.3 Å². The second kappa shape index (κ2) is 6.78. The average molecular weight is 225 g/mol. The lowest BCUT2D eigenvalue weighted by Crippen LogP contribution is -2.39. The van der Waals surface area contributed by atoms with Crippen molar-refractivity contribution in [2.24, 2.45) is 4.99 Å². The minimum Gasteiger partial charge on any atom is -0.277 e. The smallest absolute Gasteiger partial charge is 0.276 e. The van der Waals surface area contributed by atoms with E-state index in [1.54, 1.807) is 0 Å². The minimum absolute atomic E-state index is 0.290. The molecule has 0 unspecified atom stereocenters. The van der Waals surface area contributed by atoms with Gasteiger partial charge in [0.1, 0.15) is 0 Å². The molecule has 16 heavy (non-hydrogen) atoms. The van der Waals surface area contributed by atoms with Gasteiger partial charge >= 0.3 is 0 Å². The van der Waals surface area contributed by atoms with Crippen LogP contribution < -0.4 is 5.48 Å². The molecule has 88 valence electrons. The first-order valence-corrected chi connectivity index (χ1v) is 4.63. The van der Waals surface area contributed by atoms with Crippen molar-refractivity contribution in [2.45, 2.75) is 0 Å². The Bertz CT molecular complexity index is 325. The number of nitrogens with one attached hydrogen (secondary N) is 1. The maximum atomic E-state index is 4.92. The molecular formula is C10H15N3O3. The van der Waals surface area contributed by atoms with Crippen molar-refractivity contribution in [3.05, 3.63) is 30.3 Å². The summed E-state index contributed by atoms with van der Waals surface area (Å²) in [6.45, 7) is 0. The largest absolute Gasteiger partial charge is 0.277 e. The van der Waals surface area contributed by atoms with E-state index >= 15 is 0 Å². The summed E-state index contributed by atoms with van der Waals surface area (Å²) < 4.78 is 0. The zero-order valence-electron chi connectivity index (χ0n) is 9.51. The van der Waals surface area contributed by atoms with Crippen molar-refractivity contribution in [3.63, 3.8) is 0 Å². The zero-order chi connectivity index (χ0) is 11.8. The molecular weight excluding hydrogens is 210 g/mol. The van der Waals surface area contributed by atoms with Gasteiger partial charge in [-0.1, -0.05) is 23.4 Å². The zero-order valence-corrected chi connectivity index (χ0v) is 9.51. The van der Waals surface area contributed by atoms with Gasteiger partial charge in [-0.05, 0) is 12.1 Å². The number of aliphatic imine (C=N–C) groups is 1. The van der Waals surface area contributed by atoms with E-state index in [-0.39, 0.29) is 0 Å². The SMILES string of the molecule is CONC(=Nc1ccccc1)N(OC)OC. The van der Waals surface area contributed by atoms with Crippen LogP contribution in [-0.2, 0) is 14.5 Å². The van der Waals surface area contributed by atoms with Gasteiger partial charge in [-0.15, -0.1) is 0 Å². The normalized spacial score (nSPS) is 11.3. The summed E-state index contributed by atoms with van der Waals surface area (Å²) in [6, 6.07) is 9.37. The molecule has 1 aromatic rings. The van der Waals surface area contributed by atoms with Crippen LogP contribution in [-0.4, -0.2) is 32.5 Å². The van der Waals surface area contributed by atoms with E-state index in [1.165, 1.54) is 21.3 Å². The van der Waals surface area contributed by atoms with Crippen LogP contribution in [0.3, 0.4) is 0 Å². The molecule has 0 amide bonds. The average Bonchev–Trinajstić information content (AvgIpc) is 2.32. The van der Waals surface area contributed by atoms with Crippen LogP contribution in [0, 0.1) is 0 Å². The molecule has 0 spiro atoms. The molecule has 0 bridgehead atoms. The Hall–Kier alpha value is -1.63. The van der Waals surface area contributed by atoms with E-state index < -0.39 is 0 Å². The Morgan fingerprint density at radius 2 is 1.75 bits per heavy atom. The molecule has 1 rings (SSSR count). The van der Waals surface area contributed by atoms with Crippen LogP contribution in [0.25, 0.3) is 0 Å². The summed E-state index contributed by atoms with van der Waals surface area (Å²) in [5.74, 6) is 0.290. The van der Waals surface area contributed by atoms with E-state index in [9.17, 15) is 0 Å². The van der Waals surface area contributed by atoms with E-state index in [2.05, 4.69) is 10.5 Å². The van der Waals surface area contributed by atoms with Gasteiger partial charge in [0.05, 0.1) is 27.0 Å². The lowest BCUT2D eigenvalue weighted by molar-refractivity contribution is -0.292. The molecule has 0 radical (unpaired) electrons. The van der Waals surface area contributed by atoms with Crippen LogP contribution in [0.5, 0.6) is 0 Å². The maximum Gasteiger partial charge on any atom is 0.276 e. The number of nitrogens with zero attached hydrogens (tertiary/aromatic N) is 2. The second-order valence-electron chi connectivity index (χ2n) is 2.70. The van der Waals surface area contributed by atoms with E-state index in [1.807, 2.05) is 30.3 Å². The third kappa shape index (κ3) is 3.50. The van der Waals surface area contributed by atoms with Crippen LogP contribution in [0.2, 0.25) is 0 Å². The quantitative estimate of drug-likeness (QED) is 0.475. The fourth-order valence-corrected chi connectivity index (χ4v) is 1.06. The molecule has 1 aromatic carbocycles. The third-order valence-electron chi connectivity index (χ3n) is 1.69. The van der Waals surface area contributed by atoms with Crippen molar-refractivity contribution in [3.8, 4) is 0 Å². The van der Waals surface area contributed by atoms with Crippen LogP contribution in [0.4, 0.5) is 5.69 Å². The molecule has 1 N–H and O–H groups in total. The predicted molar refractivity (Wildman–Crippen MR) is 59.5 cm³/mol. The van der Waals surface area contributed by atoms with Gasteiger partial charge in [0.25, 0.3) is 5.96 Å². The van der Waals surface area contributed by atoms with Gasteiger partial charge in [0.15, 0.2) is 0 Å². The van der Waals surface area contributed by atoms with Crippen molar-refractivity contribution in [1.29, 1.82) is 0 Å². The van der Waals surface area contributed by atoms with Crippen LogP contribution in [0.15, 0.2) is 35.3 Å². The Kier molecular flexibility index (Phi) is 5.27. The Morgan fingerprint density at radius 1 is 1.12 bits per heavy atom. The van der Waals surface area contributed by atoms with Crippen LogP contribution in [0.1, 0.15) is 0 Å². The summed E-state index contributed by atoms with van der Waals surface area (Å²) in [6.07, 6.45) is 0. The molecule has 0 saturated heterocycles. The number of rotatable bonds is 4. The minimum atomic E-state index is 0.290. The number of para-hydroxylation sites is 1. The number of benzene rings is 1. The first-order chi connectivity index (χ1) is 7.81. The van der Waals surface area contributed by atoms with E-state index in [4.69, 9.17) is 14.5 Å². The molecule has 0 aromatic heterocycles. The lowest BCUT2D eigenvalue weighted by Gasteiger charge is -2.19. The molecule has 0 heterocycles. The molecule has 0 fully saturated rings. The van der Waals surface area contributed by atoms with Crippen molar-refractivity contribution in [2.75, 3.05) is 21.3 Å². The third-order valence-corrected chi connectivity index (χ3v) is 1.69. The number of guanidine groups is 1. The van der Waals surface area contributed by atoms with Gasteiger partial charge in [-0.3, -0.25) is 4.84 Å². The van der Waals surface area contributed by atoms with Gasteiger partial charge in [0, 0.05) is 0 Å². The van der Waals surface area contributed by atoms with E-state index in [0.717, 1.165) is 10.9 Å². The molecule has 0 aliphatic rings. The Morgan fingerprint density at radius 3 is 2.25 bits per heavy atom. The van der Waals surface area contributed by atoms with Crippen molar-refractivity contribution in [1.82, 2.24) is 10.7 Å². The van der Waals surface area contributed by atoms with Crippen LogP contribution >= 0.6 is 0 Å². The highest BCUT2D eigenvalue weighted by Crippen LogP contribution is 2.10. The Balaban J connectivity index is 2.88. The highest BCUT2D eigenvalue weighted by atomic mass is 16.9. The predicted octanol–water partition coefficient (Wildman–Crippen LogP) is 1.25. The summed E-state index contributed by atoms with van der Waals surface area (Å²) in [5.41, 5.74) is 3.31. The molecule has 0 saturated carbocycles. The second-order valence-corrected chi connectivity index (χ2v) is 2.70. The standard InChI is InChI=1S/C10H15N3O3/c1-14-12-10(13(15-2)16-3)11-9-7-5-4-6-8-9/h4-8H,1-3H3,(H,11,12). The highest BCUT2D eigenvalue weighted by molar-refractivity contribution is 5.80. The molecule has 0 aliphatic heterocycles. The van der Waals surface area contributed by atoms with Gasteiger partial charge in [-0.25, -0.2) is 20.1 Å². The first-order valence-electron chi connectivity index (χ1n) is 4.63. The van der Waals surface area contributed by atoms with Gasteiger partial charge in [0.2, 0.25) is 0 Å². The number of hydrogen-bond acceptors (Lipinski definition) is 4. The lowest BCUT2D eigenvalue weighted by atomic mass is 10.3. The first kappa shape index (κ1) is 12.4. The topological polar surface area (TPSA) is 55.3 Å². The molecule has 6 heteroatoms. The summed E-state index contributed by atoms with van der Waals surface area (Å²) in [5, 5.41) is 1.09. The van der Waals surface area contributed by atoms with Gasteiger partial charge in [-0.2, -0.15) is 0 Å². The molecule has 0 aliphatic carbocycles. The van der Waals surface area contributed by atoms with Crippen molar-refractivity contribution < 1.29 is 14.5 Å². The maximum absolute atomic E-state index is 4.92. The fourth-order valence-electron chi connectivity index (χ4n) is 1.06. The number of hydrogen-bond donors (Lipinski definition) is 1. The monoisotopic (exact) mass is 225 g/mol. The molecule has 6 nitrogen and oxygen atoms in total.